The Bertz CT molecular complexity index is 340. The summed E-state index contributed by atoms with van der Waals surface area (Å²) in [5.41, 5.74) is 1.22. The lowest BCUT2D eigenvalue weighted by atomic mass is 10.1. The summed E-state index contributed by atoms with van der Waals surface area (Å²) in [6, 6.07) is 10.2. The lowest BCUT2D eigenvalue weighted by molar-refractivity contribution is 0.432. The fourth-order valence-corrected chi connectivity index (χ4v) is 1.27. The van der Waals surface area contributed by atoms with Crippen molar-refractivity contribution in [3.8, 4) is 0 Å². The van der Waals surface area contributed by atoms with Crippen LogP contribution in [0.25, 0.3) is 0 Å². The molecule has 2 heteroatoms. The van der Waals surface area contributed by atoms with E-state index in [4.69, 9.17) is 4.74 Å². The number of ether oxygens (including phenoxy) is 1. The molecule has 0 atom stereocenters. The van der Waals surface area contributed by atoms with Gasteiger partial charge in [0.15, 0.2) is 5.90 Å². The minimum atomic E-state index is 0.613. The average Bonchev–Trinajstić information content (AvgIpc) is 2.53. The highest BCUT2D eigenvalue weighted by atomic mass is 16.5. The molecule has 0 saturated heterocycles. The highest BCUT2D eigenvalue weighted by Crippen LogP contribution is 2.10. The molecule has 1 heterocycles. The molecule has 1 aromatic carbocycles. The van der Waals surface area contributed by atoms with Gasteiger partial charge in [0, 0.05) is 6.42 Å². The van der Waals surface area contributed by atoms with Crippen molar-refractivity contribution < 1.29 is 4.74 Å². The van der Waals surface area contributed by atoms with Crippen LogP contribution in [0.4, 0.5) is 0 Å². The maximum absolute atomic E-state index is 5.32. The molecule has 0 bridgehead atoms. The van der Waals surface area contributed by atoms with Crippen LogP contribution < -0.4 is 0 Å². The van der Waals surface area contributed by atoms with Crippen LogP contribution in [0.1, 0.15) is 5.56 Å². The molecule has 1 aromatic rings. The summed E-state index contributed by atoms with van der Waals surface area (Å²) in [5.74, 6) is 1.52. The first-order valence-electron chi connectivity index (χ1n) is 4.27. The molecular formula is C11H11NO. The third kappa shape index (κ3) is 1.96. The van der Waals surface area contributed by atoms with Crippen LogP contribution in [0.15, 0.2) is 47.7 Å². The predicted molar refractivity (Wildman–Crippen MR) is 52.7 cm³/mol. The summed E-state index contributed by atoms with van der Waals surface area (Å²) in [7, 11) is 0. The maximum Gasteiger partial charge on any atom is 0.194 e. The minimum absolute atomic E-state index is 0.613. The van der Waals surface area contributed by atoms with Crippen molar-refractivity contribution in [3.63, 3.8) is 0 Å². The molecule has 0 fully saturated rings. The number of hydrogen-bond donors (Lipinski definition) is 0. The Morgan fingerprint density at radius 2 is 2.08 bits per heavy atom. The van der Waals surface area contributed by atoms with Crippen molar-refractivity contribution in [1.29, 1.82) is 0 Å². The van der Waals surface area contributed by atoms with Gasteiger partial charge >= 0.3 is 0 Å². The van der Waals surface area contributed by atoms with Crippen molar-refractivity contribution in [2.45, 2.75) is 6.42 Å². The van der Waals surface area contributed by atoms with Gasteiger partial charge in [-0.25, -0.2) is 4.99 Å². The van der Waals surface area contributed by atoms with Crippen LogP contribution in [0, 0.1) is 0 Å². The Morgan fingerprint density at radius 1 is 1.31 bits per heavy atom. The quantitative estimate of drug-likeness (QED) is 0.671. The van der Waals surface area contributed by atoms with Gasteiger partial charge in [0.25, 0.3) is 0 Å². The monoisotopic (exact) mass is 173 g/mol. The number of rotatable bonds is 2. The molecule has 0 amide bonds. The third-order valence-electron chi connectivity index (χ3n) is 1.89. The van der Waals surface area contributed by atoms with Crippen LogP contribution in [-0.2, 0) is 11.2 Å². The zero-order valence-electron chi connectivity index (χ0n) is 7.36. The Morgan fingerprint density at radius 3 is 2.69 bits per heavy atom. The van der Waals surface area contributed by atoms with E-state index in [1.165, 1.54) is 5.56 Å². The zero-order chi connectivity index (χ0) is 9.10. The summed E-state index contributed by atoms with van der Waals surface area (Å²) in [6.07, 6.45) is 0.764. The van der Waals surface area contributed by atoms with E-state index in [1.54, 1.807) is 0 Å². The van der Waals surface area contributed by atoms with Gasteiger partial charge in [-0.1, -0.05) is 36.9 Å². The number of hydrogen-bond acceptors (Lipinski definition) is 2. The fourth-order valence-electron chi connectivity index (χ4n) is 1.27. The van der Waals surface area contributed by atoms with E-state index < -0.39 is 0 Å². The van der Waals surface area contributed by atoms with E-state index in [0.717, 1.165) is 18.1 Å². The van der Waals surface area contributed by atoms with Gasteiger partial charge < -0.3 is 4.74 Å². The zero-order valence-corrected chi connectivity index (χ0v) is 7.36. The first-order valence-corrected chi connectivity index (χ1v) is 4.27. The lowest BCUT2D eigenvalue weighted by Crippen LogP contribution is -2.01. The lowest BCUT2D eigenvalue weighted by Gasteiger charge is -2.01. The SMILES string of the molecule is C=C1CN=C(Cc2ccccc2)O1. The average molecular weight is 173 g/mol. The molecule has 0 unspecified atom stereocenters. The number of nitrogens with zero attached hydrogens (tertiary/aromatic N) is 1. The van der Waals surface area contributed by atoms with Crippen molar-refractivity contribution in [1.82, 2.24) is 0 Å². The maximum atomic E-state index is 5.32. The van der Waals surface area contributed by atoms with E-state index in [2.05, 4.69) is 23.7 Å². The molecule has 0 saturated carbocycles. The summed E-state index contributed by atoms with van der Waals surface area (Å²) >= 11 is 0. The van der Waals surface area contributed by atoms with E-state index in [-0.39, 0.29) is 0 Å². The standard InChI is InChI=1S/C11H11NO/c1-9-8-12-11(13-9)7-10-5-3-2-4-6-10/h2-6H,1,7-8H2. The molecule has 66 valence electrons. The summed E-state index contributed by atoms with van der Waals surface area (Å²) in [6.45, 7) is 4.32. The largest absolute Gasteiger partial charge is 0.446 e. The van der Waals surface area contributed by atoms with E-state index >= 15 is 0 Å². The molecule has 0 aliphatic carbocycles. The Balaban J connectivity index is 2.04. The second-order valence-corrected chi connectivity index (χ2v) is 3.01. The topological polar surface area (TPSA) is 21.6 Å². The van der Waals surface area contributed by atoms with Crippen LogP contribution in [0.2, 0.25) is 0 Å². The van der Waals surface area contributed by atoms with Gasteiger partial charge in [-0.3, -0.25) is 0 Å². The van der Waals surface area contributed by atoms with Gasteiger partial charge in [-0.2, -0.15) is 0 Å². The molecule has 0 N–H and O–H groups in total. The van der Waals surface area contributed by atoms with Gasteiger partial charge in [0.05, 0.1) is 0 Å². The summed E-state index contributed by atoms with van der Waals surface area (Å²) < 4.78 is 5.32. The second-order valence-electron chi connectivity index (χ2n) is 3.01. The second kappa shape index (κ2) is 3.44. The van der Waals surface area contributed by atoms with Crippen LogP contribution in [-0.4, -0.2) is 12.4 Å². The molecule has 13 heavy (non-hydrogen) atoms. The van der Waals surface area contributed by atoms with E-state index in [0.29, 0.717) is 6.54 Å². The van der Waals surface area contributed by atoms with E-state index in [9.17, 15) is 0 Å². The van der Waals surface area contributed by atoms with Crippen molar-refractivity contribution >= 4 is 5.90 Å². The van der Waals surface area contributed by atoms with Crippen molar-refractivity contribution in [2.75, 3.05) is 6.54 Å². The molecular weight excluding hydrogens is 162 g/mol. The molecule has 0 aromatic heterocycles. The highest BCUT2D eigenvalue weighted by Gasteiger charge is 2.10. The smallest absolute Gasteiger partial charge is 0.194 e. The number of benzene rings is 1. The van der Waals surface area contributed by atoms with Gasteiger partial charge in [0.1, 0.15) is 12.3 Å². The molecule has 2 nitrogen and oxygen atoms in total. The Hall–Kier alpha value is -1.57. The van der Waals surface area contributed by atoms with Crippen molar-refractivity contribution in [2.24, 2.45) is 4.99 Å². The highest BCUT2D eigenvalue weighted by molar-refractivity contribution is 5.81. The Kier molecular flexibility index (Phi) is 2.13. The molecule has 2 rings (SSSR count). The normalized spacial score (nSPS) is 15.4. The van der Waals surface area contributed by atoms with Gasteiger partial charge in [-0.05, 0) is 5.56 Å². The predicted octanol–water partition coefficient (Wildman–Crippen LogP) is 2.17. The van der Waals surface area contributed by atoms with Crippen LogP contribution in [0.5, 0.6) is 0 Å². The van der Waals surface area contributed by atoms with Gasteiger partial charge in [-0.15, -0.1) is 0 Å². The molecule has 0 radical (unpaired) electrons. The van der Waals surface area contributed by atoms with Crippen molar-refractivity contribution in [3.05, 3.63) is 48.2 Å². The van der Waals surface area contributed by atoms with Crippen LogP contribution in [0.3, 0.4) is 0 Å². The van der Waals surface area contributed by atoms with Gasteiger partial charge in [0.2, 0.25) is 0 Å². The van der Waals surface area contributed by atoms with Crippen LogP contribution >= 0.6 is 0 Å². The summed E-state index contributed by atoms with van der Waals surface area (Å²) in [5, 5.41) is 0. The first-order chi connectivity index (χ1) is 6.34. The number of aliphatic imine (C=N–C) groups is 1. The molecule has 1 aliphatic heterocycles. The Labute approximate surface area is 77.6 Å². The molecule has 1 aliphatic rings. The third-order valence-corrected chi connectivity index (χ3v) is 1.89. The fraction of sp³-hybridized carbons (Fsp3) is 0.182. The first kappa shape index (κ1) is 8.05. The minimum Gasteiger partial charge on any atom is -0.446 e. The molecule has 0 spiro atoms. The summed E-state index contributed by atoms with van der Waals surface area (Å²) in [4.78, 5) is 4.21. The van der Waals surface area contributed by atoms with E-state index in [1.807, 2.05) is 18.2 Å².